The second kappa shape index (κ2) is 11.0. The Hall–Kier alpha value is -2.69. The van der Waals surface area contributed by atoms with Crippen molar-refractivity contribution in [2.75, 3.05) is 38.6 Å². The van der Waals surface area contributed by atoms with E-state index < -0.39 is 5.97 Å². The molecule has 1 N–H and O–H groups in total. The van der Waals surface area contributed by atoms with Gasteiger partial charge in [-0.25, -0.2) is 4.79 Å². The summed E-state index contributed by atoms with van der Waals surface area (Å²) in [6.07, 6.45) is 0. The molecular weight excluding hydrogens is 569 g/mol. The summed E-state index contributed by atoms with van der Waals surface area (Å²) in [4.78, 5) is 30.9. The van der Waals surface area contributed by atoms with Gasteiger partial charge in [0, 0.05) is 46.2 Å². The molecule has 1 saturated heterocycles. The lowest BCUT2D eigenvalue weighted by Crippen LogP contribution is -2.51. The Bertz CT molecular complexity index is 1500. The van der Waals surface area contributed by atoms with E-state index in [-0.39, 0.29) is 5.91 Å². The van der Waals surface area contributed by atoms with Crippen molar-refractivity contribution < 1.29 is 14.3 Å². The number of rotatable bonds is 4. The molecule has 4 aromatic rings. The molecule has 1 amide bonds. The van der Waals surface area contributed by atoms with Crippen molar-refractivity contribution in [3.8, 4) is 10.4 Å². The maximum absolute atomic E-state index is 13.2. The standard InChI is InChI=1S/C26H21Cl2N3O3S3/c1-34-25(33)18-14-19(15-5-3-2-4-6-15)37-23(18)29-26(35)31-11-9-30(10-12-31)24(32)22-21(28)17-8-7-16(27)13-20(17)36-22/h2-8,13-14H,9-12H2,1H3,(H,29,35). The highest BCUT2D eigenvalue weighted by molar-refractivity contribution is 7.80. The summed E-state index contributed by atoms with van der Waals surface area (Å²) in [7, 11) is 1.36. The van der Waals surface area contributed by atoms with Gasteiger partial charge in [0.1, 0.15) is 9.88 Å². The van der Waals surface area contributed by atoms with Crippen LogP contribution in [0.2, 0.25) is 10.0 Å². The molecule has 1 fully saturated rings. The summed E-state index contributed by atoms with van der Waals surface area (Å²) in [5.41, 5.74) is 1.44. The summed E-state index contributed by atoms with van der Waals surface area (Å²) < 4.78 is 5.87. The van der Waals surface area contributed by atoms with Crippen LogP contribution in [0.1, 0.15) is 20.0 Å². The third kappa shape index (κ3) is 5.32. The third-order valence-corrected chi connectivity index (χ3v) is 9.40. The fourth-order valence-electron chi connectivity index (χ4n) is 4.10. The first-order chi connectivity index (χ1) is 17.9. The number of anilines is 1. The Labute approximate surface area is 237 Å². The van der Waals surface area contributed by atoms with Gasteiger partial charge in [0.2, 0.25) is 0 Å². The Kier molecular flexibility index (Phi) is 7.69. The van der Waals surface area contributed by atoms with E-state index in [1.165, 1.54) is 29.8 Å². The van der Waals surface area contributed by atoms with Gasteiger partial charge in [0.05, 0.1) is 17.7 Å². The number of esters is 1. The van der Waals surface area contributed by atoms with Crippen molar-refractivity contribution in [1.29, 1.82) is 0 Å². The quantitative estimate of drug-likeness (QED) is 0.207. The van der Waals surface area contributed by atoms with Gasteiger partial charge in [-0.2, -0.15) is 0 Å². The number of carbonyl (C=O) groups excluding carboxylic acids is 2. The molecule has 6 nitrogen and oxygen atoms in total. The number of hydrogen-bond donors (Lipinski definition) is 1. The highest BCUT2D eigenvalue weighted by Gasteiger charge is 2.28. The van der Waals surface area contributed by atoms with Gasteiger partial charge in [-0.1, -0.05) is 59.6 Å². The molecule has 5 rings (SSSR count). The van der Waals surface area contributed by atoms with E-state index in [1.807, 2.05) is 53.4 Å². The number of hydrogen-bond acceptors (Lipinski definition) is 6. The number of nitrogens with zero attached hydrogens (tertiary/aromatic N) is 2. The molecule has 0 bridgehead atoms. The molecule has 1 aliphatic rings. The fraction of sp³-hybridized carbons (Fsp3) is 0.192. The topological polar surface area (TPSA) is 61.9 Å². The van der Waals surface area contributed by atoms with Crippen LogP contribution in [-0.2, 0) is 4.74 Å². The molecule has 37 heavy (non-hydrogen) atoms. The normalized spacial score (nSPS) is 13.6. The number of carbonyl (C=O) groups is 2. The molecule has 0 aliphatic carbocycles. The number of amides is 1. The van der Waals surface area contributed by atoms with Gasteiger partial charge in [-0.05, 0) is 36.0 Å². The summed E-state index contributed by atoms with van der Waals surface area (Å²) in [5, 5.41) is 6.26. The van der Waals surface area contributed by atoms with Crippen molar-refractivity contribution in [1.82, 2.24) is 9.80 Å². The van der Waals surface area contributed by atoms with Crippen LogP contribution in [0.5, 0.6) is 0 Å². The van der Waals surface area contributed by atoms with Crippen LogP contribution in [0, 0.1) is 0 Å². The maximum Gasteiger partial charge on any atom is 0.340 e. The minimum Gasteiger partial charge on any atom is -0.465 e. The Morgan fingerprint density at radius 1 is 0.973 bits per heavy atom. The molecule has 190 valence electrons. The van der Waals surface area contributed by atoms with Crippen LogP contribution in [0.4, 0.5) is 5.00 Å². The molecule has 1 aliphatic heterocycles. The van der Waals surface area contributed by atoms with Gasteiger partial charge < -0.3 is 19.9 Å². The molecule has 3 heterocycles. The van der Waals surface area contributed by atoms with Crippen molar-refractivity contribution in [2.45, 2.75) is 0 Å². The minimum absolute atomic E-state index is 0.0976. The van der Waals surface area contributed by atoms with Crippen molar-refractivity contribution in [3.63, 3.8) is 0 Å². The number of thiocarbonyl (C=S) groups is 1. The van der Waals surface area contributed by atoms with Crippen LogP contribution in [0.15, 0.2) is 54.6 Å². The maximum atomic E-state index is 13.2. The second-order valence-corrected chi connectivity index (χ2v) is 11.6. The molecule has 0 radical (unpaired) electrons. The highest BCUT2D eigenvalue weighted by Crippen LogP contribution is 2.38. The van der Waals surface area contributed by atoms with E-state index in [9.17, 15) is 9.59 Å². The predicted molar refractivity (Wildman–Crippen MR) is 157 cm³/mol. The lowest BCUT2D eigenvalue weighted by Gasteiger charge is -2.36. The summed E-state index contributed by atoms with van der Waals surface area (Å²) in [5.74, 6) is -0.528. The van der Waals surface area contributed by atoms with Gasteiger partial charge in [-0.15, -0.1) is 22.7 Å². The number of ether oxygens (including phenoxy) is 1. The number of methoxy groups -OCH3 is 1. The Morgan fingerprint density at radius 2 is 1.68 bits per heavy atom. The van der Waals surface area contributed by atoms with Crippen LogP contribution in [0.25, 0.3) is 20.5 Å². The van der Waals surface area contributed by atoms with E-state index >= 15 is 0 Å². The molecule has 2 aromatic carbocycles. The summed E-state index contributed by atoms with van der Waals surface area (Å²) in [6.45, 7) is 2.10. The number of fused-ring (bicyclic) bond motifs is 1. The van der Waals surface area contributed by atoms with E-state index in [0.717, 1.165) is 20.5 Å². The van der Waals surface area contributed by atoms with Crippen molar-refractivity contribution in [2.24, 2.45) is 0 Å². The molecule has 0 spiro atoms. The van der Waals surface area contributed by atoms with Crippen LogP contribution >= 0.6 is 58.1 Å². The monoisotopic (exact) mass is 589 g/mol. The van der Waals surface area contributed by atoms with Crippen LogP contribution in [0.3, 0.4) is 0 Å². The molecule has 11 heteroatoms. The SMILES string of the molecule is COC(=O)c1cc(-c2ccccc2)sc1NC(=S)N1CCN(C(=O)c2sc3cc(Cl)ccc3c2Cl)CC1. The minimum atomic E-state index is -0.430. The molecule has 0 unspecified atom stereocenters. The van der Waals surface area contributed by atoms with E-state index in [2.05, 4.69) is 5.32 Å². The molecule has 0 atom stereocenters. The zero-order valence-electron chi connectivity index (χ0n) is 19.6. The number of thiophene rings is 2. The average Bonchev–Trinajstić information content (AvgIpc) is 3.49. The number of halogens is 2. The van der Waals surface area contributed by atoms with Gasteiger partial charge in [-0.3, -0.25) is 4.79 Å². The molecule has 2 aromatic heterocycles. The zero-order valence-corrected chi connectivity index (χ0v) is 23.6. The Balaban J connectivity index is 1.27. The van der Waals surface area contributed by atoms with E-state index in [4.69, 9.17) is 40.2 Å². The third-order valence-electron chi connectivity index (χ3n) is 6.06. The van der Waals surface area contributed by atoms with Gasteiger partial charge in [0.25, 0.3) is 5.91 Å². The first-order valence-corrected chi connectivity index (χ1v) is 14.2. The van der Waals surface area contributed by atoms with E-state index in [0.29, 0.717) is 56.8 Å². The lowest BCUT2D eigenvalue weighted by atomic mass is 10.1. The van der Waals surface area contributed by atoms with Crippen LogP contribution < -0.4 is 5.32 Å². The number of benzene rings is 2. The van der Waals surface area contributed by atoms with Crippen molar-refractivity contribution >= 4 is 90.2 Å². The summed E-state index contributed by atoms with van der Waals surface area (Å²) >= 11 is 21.1. The fourth-order valence-corrected chi connectivity index (χ4v) is 7.25. The Morgan fingerprint density at radius 3 is 2.38 bits per heavy atom. The lowest BCUT2D eigenvalue weighted by molar-refractivity contribution is 0.0601. The number of nitrogens with one attached hydrogen (secondary N) is 1. The highest BCUT2D eigenvalue weighted by atomic mass is 35.5. The molecule has 0 saturated carbocycles. The number of piperazine rings is 1. The van der Waals surface area contributed by atoms with Crippen molar-refractivity contribution in [3.05, 3.63) is 75.1 Å². The average molecular weight is 591 g/mol. The first-order valence-electron chi connectivity index (χ1n) is 11.4. The van der Waals surface area contributed by atoms with Crippen LogP contribution in [-0.4, -0.2) is 60.1 Å². The smallest absolute Gasteiger partial charge is 0.340 e. The largest absolute Gasteiger partial charge is 0.465 e. The van der Waals surface area contributed by atoms with Gasteiger partial charge >= 0.3 is 5.97 Å². The van der Waals surface area contributed by atoms with Gasteiger partial charge in [0.15, 0.2) is 5.11 Å². The predicted octanol–water partition coefficient (Wildman–Crippen LogP) is 6.88. The zero-order chi connectivity index (χ0) is 26.1. The molecular formula is C26H21Cl2N3O3S3. The first kappa shape index (κ1) is 25.9. The second-order valence-electron chi connectivity index (χ2n) is 8.31. The van der Waals surface area contributed by atoms with E-state index in [1.54, 1.807) is 11.0 Å². The summed E-state index contributed by atoms with van der Waals surface area (Å²) in [6, 6.07) is 17.1.